The molecular weight excluding hydrogens is 246 g/mol. The quantitative estimate of drug-likeness (QED) is 0.806. The summed E-state index contributed by atoms with van der Waals surface area (Å²) in [6.07, 6.45) is 1.07. The number of aromatic nitrogens is 3. The molecule has 7 heteroatoms. The highest BCUT2D eigenvalue weighted by molar-refractivity contribution is 5.90. The van der Waals surface area contributed by atoms with Crippen LogP contribution in [0.1, 0.15) is 19.5 Å². The number of ether oxygens (including phenoxy) is 1. The van der Waals surface area contributed by atoms with E-state index in [2.05, 4.69) is 30.8 Å². The molecule has 0 bridgehead atoms. The molecule has 2 heterocycles. The molecule has 0 saturated heterocycles. The SMILES string of the molecule is CC.COC(=O)NNc1nnc(C)c2ncccc12. The summed E-state index contributed by atoms with van der Waals surface area (Å²) in [6.45, 7) is 5.82. The molecule has 0 spiro atoms. The molecule has 2 rings (SSSR count). The lowest BCUT2D eigenvalue weighted by molar-refractivity contribution is 0.173. The minimum absolute atomic E-state index is 0.420. The standard InChI is InChI=1S/C10H11N5O2.C2H6/c1-6-8-7(4-3-5-11-8)9(13-12-6)14-15-10(16)17-2;1-2/h3-5H,1-2H3,(H,13,14)(H,15,16);1-2H3. The van der Waals surface area contributed by atoms with Gasteiger partial charge in [-0.15, -0.1) is 5.10 Å². The summed E-state index contributed by atoms with van der Waals surface area (Å²) in [5, 5.41) is 8.66. The predicted molar refractivity (Wildman–Crippen MR) is 72.6 cm³/mol. The highest BCUT2D eigenvalue weighted by atomic mass is 16.5. The Morgan fingerprint density at radius 1 is 1.32 bits per heavy atom. The van der Waals surface area contributed by atoms with Gasteiger partial charge in [-0.05, 0) is 19.1 Å². The predicted octanol–water partition coefficient (Wildman–Crippen LogP) is 2.04. The van der Waals surface area contributed by atoms with Crippen LogP contribution in [0.3, 0.4) is 0 Å². The van der Waals surface area contributed by atoms with E-state index in [1.165, 1.54) is 7.11 Å². The first-order chi connectivity index (χ1) is 9.22. The van der Waals surface area contributed by atoms with E-state index in [-0.39, 0.29) is 0 Å². The number of pyridine rings is 1. The van der Waals surface area contributed by atoms with Gasteiger partial charge < -0.3 is 4.74 Å². The molecule has 0 saturated carbocycles. The van der Waals surface area contributed by atoms with E-state index in [1.54, 1.807) is 12.3 Å². The van der Waals surface area contributed by atoms with Crippen LogP contribution in [0.2, 0.25) is 0 Å². The van der Waals surface area contributed by atoms with Gasteiger partial charge in [0.15, 0.2) is 5.82 Å². The number of nitrogens with zero attached hydrogens (tertiary/aromatic N) is 3. The van der Waals surface area contributed by atoms with E-state index in [0.717, 1.165) is 16.6 Å². The largest absolute Gasteiger partial charge is 0.452 e. The van der Waals surface area contributed by atoms with Crippen LogP contribution < -0.4 is 10.9 Å². The van der Waals surface area contributed by atoms with Crippen LogP contribution in [0.15, 0.2) is 18.3 Å². The number of rotatable bonds is 2. The Morgan fingerprint density at radius 2 is 2.05 bits per heavy atom. The second kappa shape index (κ2) is 7.10. The van der Waals surface area contributed by atoms with Gasteiger partial charge in [0.2, 0.25) is 0 Å². The Bertz CT molecular complexity index is 559. The molecule has 0 aliphatic heterocycles. The van der Waals surface area contributed by atoms with E-state index in [9.17, 15) is 4.79 Å². The third-order valence-corrected chi connectivity index (χ3v) is 2.17. The van der Waals surface area contributed by atoms with Crippen molar-refractivity contribution in [2.24, 2.45) is 0 Å². The lowest BCUT2D eigenvalue weighted by Crippen LogP contribution is -2.29. The number of anilines is 1. The fourth-order valence-corrected chi connectivity index (χ4v) is 1.36. The van der Waals surface area contributed by atoms with Crippen molar-refractivity contribution in [1.29, 1.82) is 0 Å². The van der Waals surface area contributed by atoms with Crippen LogP contribution in [0.4, 0.5) is 10.6 Å². The fraction of sp³-hybridized carbons (Fsp3) is 0.333. The van der Waals surface area contributed by atoms with E-state index < -0.39 is 6.09 Å². The van der Waals surface area contributed by atoms with Crippen molar-refractivity contribution in [3.63, 3.8) is 0 Å². The number of carbonyl (C=O) groups excluding carboxylic acids is 1. The summed E-state index contributed by atoms with van der Waals surface area (Å²) in [4.78, 5) is 15.1. The first-order valence-electron chi connectivity index (χ1n) is 5.90. The van der Waals surface area contributed by atoms with Gasteiger partial charge in [0, 0.05) is 11.6 Å². The minimum Gasteiger partial charge on any atom is -0.452 e. The third kappa shape index (κ3) is 3.51. The molecule has 0 aliphatic carbocycles. The van der Waals surface area contributed by atoms with Crippen molar-refractivity contribution in [3.05, 3.63) is 24.0 Å². The van der Waals surface area contributed by atoms with Gasteiger partial charge in [-0.1, -0.05) is 13.8 Å². The third-order valence-electron chi connectivity index (χ3n) is 2.17. The summed E-state index contributed by atoms with van der Waals surface area (Å²) in [7, 11) is 1.28. The molecule has 0 fully saturated rings. The molecule has 102 valence electrons. The maximum absolute atomic E-state index is 10.9. The van der Waals surface area contributed by atoms with Gasteiger partial charge >= 0.3 is 6.09 Å². The smallest absolute Gasteiger partial charge is 0.425 e. The second-order valence-electron chi connectivity index (χ2n) is 3.28. The highest BCUT2D eigenvalue weighted by Crippen LogP contribution is 2.19. The van der Waals surface area contributed by atoms with Crippen molar-refractivity contribution in [3.8, 4) is 0 Å². The molecule has 2 N–H and O–H groups in total. The average molecular weight is 263 g/mol. The Kier molecular flexibility index (Phi) is 5.46. The second-order valence-corrected chi connectivity index (χ2v) is 3.28. The Balaban J connectivity index is 0.000000861. The number of hydrogen-bond donors (Lipinski definition) is 2. The van der Waals surface area contributed by atoms with Gasteiger partial charge in [-0.2, -0.15) is 5.10 Å². The molecule has 19 heavy (non-hydrogen) atoms. The van der Waals surface area contributed by atoms with Crippen LogP contribution in [0, 0.1) is 6.92 Å². The van der Waals surface area contributed by atoms with E-state index in [4.69, 9.17) is 0 Å². The van der Waals surface area contributed by atoms with E-state index in [1.807, 2.05) is 26.8 Å². The molecule has 7 nitrogen and oxygen atoms in total. The molecule has 0 aliphatic rings. The summed E-state index contributed by atoms with van der Waals surface area (Å²) in [5.74, 6) is 0.420. The zero-order valence-electron chi connectivity index (χ0n) is 11.4. The van der Waals surface area contributed by atoms with Crippen molar-refractivity contribution >= 4 is 22.8 Å². The van der Waals surface area contributed by atoms with Crippen LogP contribution in [-0.4, -0.2) is 28.4 Å². The lowest BCUT2D eigenvalue weighted by Gasteiger charge is -2.08. The Labute approximate surface area is 111 Å². The maximum Gasteiger partial charge on any atom is 0.425 e. The molecule has 0 radical (unpaired) electrons. The first kappa shape index (κ1) is 14.6. The van der Waals surface area contributed by atoms with Gasteiger partial charge in [-0.25, -0.2) is 10.2 Å². The fourth-order valence-electron chi connectivity index (χ4n) is 1.36. The molecule has 0 unspecified atom stereocenters. The van der Waals surface area contributed by atoms with Gasteiger partial charge in [0.05, 0.1) is 18.3 Å². The van der Waals surface area contributed by atoms with Gasteiger partial charge in [0.25, 0.3) is 0 Å². The van der Waals surface area contributed by atoms with Crippen LogP contribution in [0.25, 0.3) is 10.9 Å². The van der Waals surface area contributed by atoms with Gasteiger partial charge in [0.1, 0.15) is 0 Å². The Hall–Kier alpha value is -2.44. The number of carbonyl (C=O) groups is 1. The minimum atomic E-state index is -0.607. The van der Waals surface area contributed by atoms with Crippen molar-refractivity contribution < 1.29 is 9.53 Å². The summed E-state index contributed by atoms with van der Waals surface area (Å²) in [6, 6.07) is 3.62. The highest BCUT2D eigenvalue weighted by Gasteiger charge is 2.07. The molecule has 0 aromatic carbocycles. The maximum atomic E-state index is 10.9. The van der Waals surface area contributed by atoms with Crippen molar-refractivity contribution in [1.82, 2.24) is 20.6 Å². The zero-order chi connectivity index (χ0) is 14.3. The van der Waals surface area contributed by atoms with Crippen LogP contribution in [0.5, 0.6) is 0 Å². The van der Waals surface area contributed by atoms with Crippen LogP contribution in [-0.2, 0) is 4.74 Å². The van der Waals surface area contributed by atoms with E-state index >= 15 is 0 Å². The molecule has 0 atom stereocenters. The number of nitrogens with one attached hydrogen (secondary N) is 2. The average Bonchev–Trinajstić information content (AvgIpc) is 2.48. The number of methoxy groups -OCH3 is 1. The number of hydrogen-bond acceptors (Lipinski definition) is 6. The van der Waals surface area contributed by atoms with E-state index in [0.29, 0.717) is 5.82 Å². The number of aryl methyl sites for hydroxylation is 1. The zero-order valence-corrected chi connectivity index (χ0v) is 11.4. The number of fused-ring (bicyclic) bond motifs is 1. The van der Waals surface area contributed by atoms with Crippen molar-refractivity contribution in [2.75, 3.05) is 12.5 Å². The number of amides is 1. The first-order valence-corrected chi connectivity index (χ1v) is 5.90. The monoisotopic (exact) mass is 263 g/mol. The summed E-state index contributed by atoms with van der Waals surface area (Å²) < 4.78 is 4.43. The molecule has 2 aromatic rings. The van der Waals surface area contributed by atoms with Gasteiger partial charge in [-0.3, -0.25) is 10.4 Å². The summed E-state index contributed by atoms with van der Waals surface area (Å²) in [5.41, 5.74) is 6.41. The lowest BCUT2D eigenvalue weighted by atomic mass is 10.2. The molecular formula is C12H17N5O2. The molecule has 1 amide bonds. The Morgan fingerprint density at radius 3 is 2.74 bits per heavy atom. The molecule has 2 aromatic heterocycles. The number of hydrazine groups is 1. The normalized spacial score (nSPS) is 9.26. The topological polar surface area (TPSA) is 89.0 Å². The summed E-state index contributed by atoms with van der Waals surface area (Å²) >= 11 is 0. The van der Waals surface area contributed by atoms with Crippen molar-refractivity contribution in [2.45, 2.75) is 20.8 Å². The van der Waals surface area contributed by atoms with Crippen LogP contribution >= 0.6 is 0 Å².